The number of tetrazole rings is 1. The Morgan fingerprint density at radius 1 is 1.07 bits per heavy atom. The maximum absolute atomic E-state index is 13.1. The van der Waals surface area contributed by atoms with Crippen LogP contribution in [0.5, 0.6) is 0 Å². The van der Waals surface area contributed by atoms with Crippen molar-refractivity contribution in [3.05, 3.63) is 82.2 Å². The molecule has 0 aliphatic heterocycles. The van der Waals surface area contributed by atoms with Crippen molar-refractivity contribution in [3.8, 4) is 16.9 Å². The number of aromatic nitrogens is 6. The minimum absolute atomic E-state index is 0.193. The lowest BCUT2D eigenvalue weighted by Crippen LogP contribution is -2.28. The Labute approximate surface area is 240 Å². The van der Waals surface area contributed by atoms with E-state index < -0.39 is 12.1 Å². The average molecular weight is 581 g/mol. The molecule has 0 radical (unpaired) electrons. The molecule has 2 heterocycles. The summed E-state index contributed by atoms with van der Waals surface area (Å²) in [7, 11) is 1.29. The predicted octanol–water partition coefficient (Wildman–Crippen LogP) is 5.52. The van der Waals surface area contributed by atoms with Crippen LogP contribution in [-0.2, 0) is 9.53 Å². The molecule has 206 valence electrons. The van der Waals surface area contributed by atoms with Gasteiger partial charge >= 0.3 is 6.09 Å². The van der Waals surface area contributed by atoms with E-state index in [2.05, 4.69) is 54.9 Å². The number of rotatable bonds is 9. The SMILES string of the molecule is COC(=O)Nc1ccc(-c2cc(C(CC(C)C)NC(=O)/C=C/c3cc(Cl)ccc3-n3cnnn3)c(Cl)nn2)cc1. The molecular formula is C27H26Cl2N8O3. The Kier molecular flexibility index (Phi) is 9.41. The first-order valence-corrected chi connectivity index (χ1v) is 13.0. The number of hydrogen-bond donors (Lipinski definition) is 2. The van der Waals surface area contributed by atoms with E-state index in [1.54, 1.807) is 48.5 Å². The number of carbonyl (C=O) groups excluding carboxylic acids is 2. The maximum Gasteiger partial charge on any atom is 0.411 e. The fourth-order valence-corrected chi connectivity index (χ4v) is 4.33. The Morgan fingerprint density at radius 2 is 1.85 bits per heavy atom. The number of halogens is 2. The first kappa shape index (κ1) is 28.7. The summed E-state index contributed by atoms with van der Waals surface area (Å²) in [4.78, 5) is 24.5. The van der Waals surface area contributed by atoms with Crippen LogP contribution in [0, 0.1) is 5.92 Å². The van der Waals surface area contributed by atoms with Gasteiger partial charge in [0.05, 0.1) is 24.5 Å². The molecule has 11 nitrogen and oxygen atoms in total. The second kappa shape index (κ2) is 13.1. The van der Waals surface area contributed by atoms with Crippen molar-refractivity contribution >= 4 is 47.0 Å². The Hall–Kier alpha value is -4.35. The monoisotopic (exact) mass is 580 g/mol. The summed E-state index contributed by atoms with van der Waals surface area (Å²) in [6.45, 7) is 4.10. The molecule has 0 spiro atoms. The van der Waals surface area contributed by atoms with Crippen LogP contribution in [0.3, 0.4) is 0 Å². The lowest BCUT2D eigenvalue weighted by molar-refractivity contribution is -0.117. The number of carbonyl (C=O) groups is 2. The van der Waals surface area contributed by atoms with Crippen LogP contribution >= 0.6 is 23.2 Å². The smallest absolute Gasteiger partial charge is 0.411 e. The average Bonchev–Trinajstić information content (AvgIpc) is 3.47. The summed E-state index contributed by atoms with van der Waals surface area (Å²) >= 11 is 12.7. The topological polar surface area (TPSA) is 137 Å². The number of nitrogens with one attached hydrogen (secondary N) is 2. The summed E-state index contributed by atoms with van der Waals surface area (Å²) in [6.07, 6.45) is 4.57. The molecule has 13 heteroatoms. The molecular weight excluding hydrogens is 555 g/mol. The second-order valence-corrected chi connectivity index (χ2v) is 9.95. The van der Waals surface area contributed by atoms with Gasteiger partial charge in [-0.25, -0.2) is 4.79 Å². The van der Waals surface area contributed by atoms with Crippen LogP contribution in [0.2, 0.25) is 10.2 Å². The zero-order chi connectivity index (χ0) is 28.6. The van der Waals surface area contributed by atoms with Crippen molar-refractivity contribution in [1.29, 1.82) is 0 Å². The van der Waals surface area contributed by atoms with Crippen LogP contribution in [0.25, 0.3) is 23.0 Å². The van der Waals surface area contributed by atoms with Crippen LogP contribution in [-0.4, -0.2) is 49.5 Å². The van der Waals surface area contributed by atoms with E-state index in [0.29, 0.717) is 39.6 Å². The van der Waals surface area contributed by atoms with Crippen LogP contribution in [0.15, 0.2) is 60.9 Å². The quantitative estimate of drug-likeness (QED) is 0.247. The van der Waals surface area contributed by atoms with Crippen LogP contribution in [0.4, 0.5) is 10.5 Å². The number of nitrogens with zero attached hydrogens (tertiary/aromatic N) is 6. The Morgan fingerprint density at radius 3 is 2.52 bits per heavy atom. The molecule has 0 fully saturated rings. The fraction of sp³-hybridized carbons (Fsp3) is 0.222. The number of amides is 2. The Bertz CT molecular complexity index is 1510. The van der Waals surface area contributed by atoms with Gasteiger partial charge in [-0.05, 0) is 65.2 Å². The lowest BCUT2D eigenvalue weighted by atomic mass is 9.97. The largest absolute Gasteiger partial charge is 0.453 e. The zero-order valence-corrected chi connectivity index (χ0v) is 23.4. The number of hydrogen-bond acceptors (Lipinski definition) is 8. The minimum Gasteiger partial charge on any atom is -0.453 e. The highest BCUT2D eigenvalue weighted by molar-refractivity contribution is 6.31. The molecule has 4 rings (SSSR count). The molecule has 0 bridgehead atoms. The lowest BCUT2D eigenvalue weighted by Gasteiger charge is -2.21. The fourth-order valence-electron chi connectivity index (χ4n) is 3.93. The van der Waals surface area contributed by atoms with E-state index in [1.165, 1.54) is 24.2 Å². The first-order chi connectivity index (χ1) is 19.2. The van der Waals surface area contributed by atoms with Crippen molar-refractivity contribution in [1.82, 2.24) is 35.7 Å². The van der Waals surface area contributed by atoms with Crippen molar-refractivity contribution in [3.63, 3.8) is 0 Å². The third-order valence-corrected chi connectivity index (χ3v) is 6.32. The van der Waals surface area contributed by atoms with Gasteiger partial charge in [-0.3, -0.25) is 10.1 Å². The van der Waals surface area contributed by atoms with Gasteiger partial charge in [-0.15, -0.1) is 15.3 Å². The van der Waals surface area contributed by atoms with Gasteiger partial charge < -0.3 is 10.1 Å². The molecule has 1 unspecified atom stereocenters. The molecule has 2 N–H and O–H groups in total. The van der Waals surface area contributed by atoms with E-state index in [0.717, 1.165) is 5.56 Å². The molecule has 2 aromatic heterocycles. The summed E-state index contributed by atoms with van der Waals surface area (Å²) in [5.74, 6) is -0.0917. The molecule has 0 saturated carbocycles. The molecule has 0 aliphatic carbocycles. The summed E-state index contributed by atoms with van der Waals surface area (Å²) in [5, 5.41) is 25.9. The third kappa shape index (κ3) is 7.39. The van der Waals surface area contributed by atoms with Crippen molar-refractivity contribution < 1.29 is 14.3 Å². The van der Waals surface area contributed by atoms with Gasteiger partial charge in [-0.1, -0.05) is 49.2 Å². The van der Waals surface area contributed by atoms with Crippen LogP contribution in [0.1, 0.15) is 37.4 Å². The van der Waals surface area contributed by atoms with E-state index >= 15 is 0 Å². The summed E-state index contributed by atoms with van der Waals surface area (Å²) < 4.78 is 6.10. The molecule has 2 amide bonds. The molecule has 1 atom stereocenters. The number of ether oxygens (including phenoxy) is 1. The van der Waals surface area contributed by atoms with Gasteiger partial charge in [0.15, 0.2) is 5.15 Å². The first-order valence-electron chi connectivity index (χ1n) is 12.2. The number of benzene rings is 2. The van der Waals surface area contributed by atoms with Gasteiger partial charge in [0.1, 0.15) is 6.33 Å². The summed E-state index contributed by atoms with van der Waals surface area (Å²) in [5.41, 5.74) is 3.84. The standard InChI is InChI=1S/C27H26Cl2N8O3/c1-16(2)12-23(32-25(38)11-6-18-13-19(28)7-10-24(18)37-15-30-35-36-37)21-14-22(33-34-26(21)29)17-4-8-20(9-5-17)31-27(39)40-3/h4-11,13-16,23H,12H2,1-3H3,(H,31,39)(H,32,38)/b11-6+. The molecule has 0 aliphatic rings. The zero-order valence-electron chi connectivity index (χ0n) is 21.9. The van der Waals surface area contributed by atoms with E-state index in [9.17, 15) is 9.59 Å². The molecule has 4 aromatic rings. The Balaban J connectivity index is 1.57. The van der Waals surface area contributed by atoms with Gasteiger partial charge in [0.25, 0.3) is 0 Å². The molecule has 0 saturated heterocycles. The van der Waals surface area contributed by atoms with E-state index in [1.807, 2.05) is 6.07 Å². The highest BCUT2D eigenvalue weighted by atomic mass is 35.5. The van der Waals surface area contributed by atoms with E-state index in [4.69, 9.17) is 23.2 Å². The molecule has 40 heavy (non-hydrogen) atoms. The van der Waals surface area contributed by atoms with Crippen molar-refractivity contribution in [2.45, 2.75) is 26.3 Å². The van der Waals surface area contributed by atoms with Gasteiger partial charge in [-0.2, -0.15) is 4.68 Å². The normalized spacial score (nSPS) is 11.9. The van der Waals surface area contributed by atoms with E-state index in [-0.39, 0.29) is 17.0 Å². The highest BCUT2D eigenvalue weighted by Gasteiger charge is 2.21. The maximum atomic E-state index is 13.1. The predicted molar refractivity (Wildman–Crippen MR) is 152 cm³/mol. The minimum atomic E-state index is -0.565. The molecule has 2 aromatic carbocycles. The van der Waals surface area contributed by atoms with Gasteiger partial charge in [0.2, 0.25) is 5.91 Å². The number of anilines is 1. The van der Waals surface area contributed by atoms with Crippen LogP contribution < -0.4 is 10.6 Å². The summed E-state index contributed by atoms with van der Waals surface area (Å²) in [6, 6.07) is 13.6. The highest BCUT2D eigenvalue weighted by Crippen LogP contribution is 2.30. The number of methoxy groups -OCH3 is 1. The van der Waals surface area contributed by atoms with Crippen molar-refractivity contribution in [2.24, 2.45) is 5.92 Å². The second-order valence-electron chi connectivity index (χ2n) is 9.15. The van der Waals surface area contributed by atoms with Crippen molar-refractivity contribution in [2.75, 3.05) is 12.4 Å². The third-order valence-electron chi connectivity index (χ3n) is 5.79. The van der Waals surface area contributed by atoms with Gasteiger partial charge in [0, 0.05) is 33.5 Å².